The SMILES string of the molecule is CC(C)(C)CCNC(=O)[C@]1(C/C=C/c2ccccc2)N=C(c2ccc(OCCCO)cc2)O[C@@H]1c1ccc(Br)cc1. The van der Waals surface area contributed by atoms with Crippen LogP contribution in [0.1, 0.15) is 62.8 Å². The van der Waals surface area contributed by atoms with Gasteiger partial charge in [0, 0.05) is 36.0 Å². The molecule has 7 heteroatoms. The first-order valence-corrected chi connectivity index (χ1v) is 14.9. The summed E-state index contributed by atoms with van der Waals surface area (Å²) in [5.74, 6) is 0.951. The summed E-state index contributed by atoms with van der Waals surface area (Å²) >= 11 is 3.52. The second kappa shape index (κ2) is 14.0. The van der Waals surface area contributed by atoms with Crippen LogP contribution < -0.4 is 10.1 Å². The summed E-state index contributed by atoms with van der Waals surface area (Å²) in [5, 5.41) is 12.2. The number of hydrogen-bond acceptors (Lipinski definition) is 5. The zero-order valence-electron chi connectivity index (χ0n) is 24.0. The van der Waals surface area contributed by atoms with Crippen molar-refractivity contribution in [2.45, 2.75) is 51.7 Å². The Kier molecular flexibility index (Phi) is 10.4. The molecule has 216 valence electrons. The third-order valence-electron chi connectivity index (χ3n) is 6.90. The van der Waals surface area contributed by atoms with Crippen molar-refractivity contribution in [1.29, 1.82) is 0 Å². The fourth-order valence-corrected chi connectivity index (χ4v) is 4.86. The molecule has 6 nitrogen and oxygen atoms in total. The molecule has 0 aliphatic carbocycles. The first-order chi connectivity index (χ1) is 19.7. The number of aliphatic hydroxyl groups excluding tert-OH is 1. The number of rotatable bonds is 12. The van der Waals surface area contributed by atoms with Gasteiger partial charge in [0.15, 0.2) is 11.6 Å². The number of aliphatic imine (C=N–C) groups is 1. The van der Waals surface area contributed by atoms with Crippen LogP contribution in [0.3, 0.4) is 0 Å². The lowest BCUT2D eigenvalue weighted by Crippen LogP contribution is -2.48. The fourth-order valence-electron chi connectivity index (χ4n) is 4.60. The summed E-state index contributed by atoms with van der Waals surface area (Å²) in [4.78, 5) is 19.2. The van der Waals surface area contributed by atoms with Crippen LogP contribution in [0.25, 0.3) is 6.08 Å². The molecule has 0 spiro atoms. The van der Waals surface area contributed by atoms with E-state index in [1.165, 1.54) is 0 Å². The van der Waals surface area contributed by atoms with Gasteiger partial charge in [-0.25, -0.2) is 4.99 Å². The molecule has 0 saturated carbocycles. The summed E-state index contributed by atoms with van der Waals surface area (Å²) in [6.07, 6.45) is 5.17. The van der Waals surface area contributed by atoms with E-state index >= 15 is 0 Å². The number of benzene rings is 3. The maximum atomic E-state index is 14.1. The average molecular weight is 620 g/mol. The summed E-state index contributed by atoms with van der Waals surface area (Å²) in [6, 6.07) is 25.4. The number of ether oxygens (including phenoxy) is 2. The predicted molar refractivity (Wildman–Crippen MR) is 168 cm³/mol. The van der Waals surface area contributed by atoms with Crippen LogP contribution in [0.4, 0.5) is 0 Å². The Labute approximate surface area is 251 Å². The molecule has 1 amide bonds. The first kappa shape index (κ1) is 30.5. The molecule has 3 aromatic rings. The molecule has 1 aliphatic heterocycles. The van der Waals surface area contributed by atoms with Gasteiger partial charge in [0.2, 0.25) is 5.90 Å². The van der Waals surface area contributed by atoms with Crippen LogP contribution in [0, 0.1) is 5.41 Å². The molecule has 4 rings (SSSR count). The van der Waals surface area contributed by atoms with E-state index in [0.717, 1.165) is 27.6 Å². The fraction of sp³-hybridized carbons (Fsp3) is 0.353. The minimum atomic E-state index is -1.21. The lowest BCUT2D eigenvalue weighted by Gasteiger charge is -2.30. The highest BCUT2D eigenvalue weighted by atomic mass is 79.9. The van der Waals surface area contributed by atoms with E-state index in [9.17, 15) is 4.79 Å². The van der Waals surface area contributed by atoms with E-state index in [1.54, 1.807) is 0 Å². The Balaban J connectivity index is 1.71. The number of carbonyl (C=O) groups excluding carboxylic acids is 1. The highest BCUT2D eigenvalue weighted by molar-refractivity contribution is 9.10. The second-order valence-electron chi connectivity index (χ2n) is 11.4. The van der Waals surface area contributed by atoms with Crippen molar-refractivity contribution in [1.82, 2.24) is 5.32 Å². The largest absolute Gasteiger partial charge is 0.494 e. The van der Waals surface area contributed by atoms with Gasteiger partial charge < -0.3 is 19.9 Å². The summed E-state index contributed by atoms with van der Waals surface area (Å²) in [6.45, 7) is 7.55. The van der Waals surface area contributed by atoms with Gasteiger partial charge in [0.05, 0.1) is 6.61 Å². The van der Waals surface area contributed by atoms with Gasteiger partial charge in [0.25, 0.3) is 5.91 Å². The van der Waals surface area contributed by atoms with E-state index in [4.69, 9.17) is 19.6 Å². The number of nitrogens with zero attached hydrogens (tertiary/aromatic N) is 1. The molecule has 0 saturated heterocycles. The molecular weight excluding hydrogens is 580 g/mol. The predicted octanol–water partition coefficient (Wildman–Crippen LogP) is 7.12. The van der Waals surface area contributed by atoms with Crippen LogP contribution in [0.15, 0.2) is 94.4 Å². The monoisotopic (exact) mass is 618 g/mol. The van der Waals surface area contributed by atoms with Gasteiger partial charge >= 0.3 is 0 Å². The number of amides is 1. The Morgan fingerprint density at radius 2 is 1.78 bits per heavy atom. The number of halogens is 1. The van der Waals surface area contributed by atoms with E-state index in [-0.39, 0.29) is 17.9 Å². The van der Waals surface area contributed by atoms with Gasteiger partial charge in [-0.1, -0.05) is 91.3 Å². The number of aliphatic hydroxyl groups is 1. The first-order valence-electron chi connectivity index (χ1n) is 14.1. The van der Waals surface area contributed by atoms with Crippen LogP contribution in [-0.2, 0) is 9.53 Å². The number of carbonyl (C=O) groups is 1. The Bertz CT molecular complexity index is 1330. The summed E-state index contributed by atoms with van der Waals surface area (Å²) in [5.41, 5.74) is 1.56. The molecule has 2 N–H and O–H groups in total. The molecule has 0 radical (unpaired) electrons. The van der Waals surface area contributed by atoms with Gasteiger partial charge in [-0.3, -0.25) is 4.79 Å². The molecule has 0 fully saturated rings. The molecule has 0 bridgehead atoms. The lowest BCUT2D eigenvalue weighted by molar-refractivity contribution is -0.128. The molecule has 41 heavy (non-hydrogen) atoms. The van der Waals surface area contributed by atoms with Crippen molar-refractivity contribution in [3.8, 4) is 5.75 Å². The molecule has 3 aromatic carbocycles. The smallest absolute Gasteiger partial charge is 0.252 e. The Morgan fingerprint density at radius 3 is 2.44 bits per heavy atom. The van der Waals surface area contributed by atoms with Crippen molar-refractivity contribution >= 4 is 33.8 Å². The molecule has 1 heterocycles. The molecule has 2 atom stereocenters. The van der Waals surface area contributed by atoms with Crippen LogP contribution in [-0.4, -0.2) is 42.2 Å². The van der Waals surface area contributed by atoms with Crippen LogP contribution >= 0.6 is 15.9 Å². The third kappa shape index (κ3) is 8.30. The van der Waals surface area contributed by atoms with Crippen LogP contribution in [0.5, 0.6) is 5.75 Å². The topological polar surface area (TPSA) is 80.2 Å². The third-order valence-corrected chi connectivity index (χ3v) is 7.43. The minimum Gasteiger partial charge on any atom is -0.494 e. The van der Waals surface area contributed by atoms with Crippen molar-refractivity contribution in [3.63, 3.8) is 0 Å². The Hall–Kier alpha value is -3.42. The number of nitrogens with one attached hydrogen (secondary N) is 1. The number of hydrogen-bond donors (Lipinski definition) is 2. The van der Waals surface area contributed by atoms with E-state index in [2.05, 4.69) is 42.0 Å². The van der Waals surface area contributed by atoms with Crippen LogP contribution in [0.2, 0.25) is 0 Å². The van der Waals surface area contributed by atoms with Crippen molar-refractivity contribution < 1.29 is 19.4 Å². The van der Waals surface area contributed by atoms with Gasteiger partial charge in [0.1, 0.15) is 5.75 Å². The Morgan fingerprint density at radius 1 is 1.07 bits per heavy atom. The highest BCUT2D eigenvalue weighted by Crippen LogP contribution is 2.43. The summed E-state index contributed by atoms with van der Waals surface area (Å²) < 4.78 is 13.2. The molecule has 0 unspecified atom stereocenters. The highest BCUT2D eigenvalue weighted by Gasteiger charge is 2.52. The zero-order chi connectivity index (χ0) is 29.3. The van der Waals surface area contributed by atoms with Crippen molar-refractivity contribution in [2.75, 3.05) is 19.8 Å². The second-order valence-corrected chi connectivity index (χ2v) is 12.3. The maximum Gasteiger partial charge on any atom is 0.252 e. The average Bonchev–Trinajstić information content (AvgIpc) is 3.34. The standard InChI is InChI=1S/C34H39BrN2O4/c1-33(2,3)21-22-36-32(39)34(20-7-11-25-9-5-4-6-10-25)30(26-12-16-28(35)17-13-26)41-31(37-34)27-14-18-29(19-15-27)40-24-8-23-38/h4-7,9-19,30,38H,8,20-24H2,1-3H3,(H,36,39)/b11-7+/t30-,34-/m1/s1. The maximum absolute atomic E-state index is 14.1. The van der Waals surface area contributed by atoms with Gasteiger partial charge in [-0.05, 0) is 59.4 Å². The molecule has 0 aromatic heterocycles. The normalized spacial score (nSPS) is 18.7. The van der Waals surface area contributed by atoms with Crippen molar-refractivity contribution in [2.24, 2.45) is 10.4 Å². The van der Waals surface area contributed by atoms with Crippen molar-refractivity contribution in [3.05, 3.63) is 106 Å². The quantitative estimate of drug-likeness (QED) is 0.212. The van der Waals surface area contributed by atoms with E-state index < -0.39 is 11.6 Å². The molecule has 1 aliphatic rings. The minimum absolute atomic E-state index is 0.0821. The van der Waals surface area contributed by atoms with Gasteiger partial charge in [-0.15, -0.1) is 0 Å². The van der Waals surface area contributed by atoms with E-state index in [0.29, 0.717) is 37.6 Å². The van der Waals surface area contributed by atoms with E-state index in [1.807, 2.05) is 91.0 Å². The summed E-state index contributed by atoms with van der Waals surface area (Å²) in [7, 11) is 0. The zero-order valence-corrected chi connectivity index (χ0v) is 25.6. The lowest BCUT2D eigenvalue weighted by atomic mass is 9.84. The van der Waals surface area contributed by atoms with Gasteiger partial charge in [-0.2, -0.15) is 0 Å². The molecular formula is C34H39BrN2O4.